The number of aromatic nitrogens is 3. The Morgan fingerprint density at radius 3 is 2.74 bits per heavy atom. The molecule has 0 aliphatic carbocycles. The smallest absolute Gasteiger partial charge is 0.251 e. The Labute approximate surface area is 177 Å². The summed E-state index contributed by atoms with van der Waals surface area (Å²) in [5.41, 5.74) is 18.9. The minimum atomic E-state index is -0.351. The van der Waals surface area contributed by atoms with E-state index in [0.717, 1.165) is 5.69 Å². The number of nitrogens with one attached hydrogen (secondary N) is 4. The number of amides is 2. The maximum absolute atomic E-state index is 12.3. The molecule has 12 nitrogen and oxygen atoms in total. The molecule has 0 aliphatic rings. The Morgan fingerprint density at radius 2 is 2.03 bits per heavy atom. The predicted molar refractivity (Wildman–Crippen MR) is 119 cm³/mol. The van der Waals surface area contributed by atoms with E-state index in [2.05, 4.69) is 25.6 Å². The van der Waals surface area contributed by atoms with Crippen LogP contribution in [0.2, 0.25) is 0 Å². The quantitative estimate of drug-likeness (QED) is 0.193. The van der Waals surface area contributed by atoms with Crippen LogP contribution in [-0.2, 0) is 11.8 Å². The minimum Gasteiger partial charge on any atom is -0.388 e. The van der Waals surface area contributed by atoms with Crippen LogP contribution in [0.15, 0.2) is 35.5 Å². The van der Waals surface area contributed by atoms with Crippen LogP contribution in [-0.4, -0.2) is 51.2 Å². The highest BCUT2D eigenvalue weighted by atomic mass is 16.2. The van der Waals surface area contributed by atoms with E-state index in [1.165, 1.54) is 0 Å². The first kappa shape index (κ1) is 21.4. The van der Waals surface area contributed by atoms with Crippen molar-refractivity contribution in [1.82, 2.24) is 19.9 Å². The molecule has 0 radical (unpaired) electrons. The van der Waals surface area contributed by atoms with Gasteiger partial charge in [0.15, 0.2) is 11.8 Å². The summed E-state index contributed by atoms with van der Waals surface area (Å²) in [5, 5.41) is 12.6. The van der Waals surface area contributed by atoms with Crippen LogP contribution in [0, 0.1) is 5.41 Å². The van der Waals surface area contributed by atoms with Gasteiger partial charge in [0.25, 0.3) is 5.91 Å². The number of H-pyrrole nitrogens is 1. The summed E-state index contributed by atoms with van der Waals surface area (Å²) < 4.78 is 1.81. The largest absolute Gasteiger partial charge is 0.388 e. The molecule has 0 bridgehead atoms. The van der Waals surface area contributed by atoms with Gasteiger partial charge in [-0.15, -0.1) is 0 Å². The summed E-state index contributed by atoms with van der Waals surface area (Å²) in [7, 11) is 1.82. The average molecular weight is 424 g/mol. The van der Waals surface area contributed by atoms with Crippen molar-refractivity contribution >= 4 is 40.3 Å². The Bertz CT molecular complexity index is 1170. The normalized spacial score (nSPS) is 10.6. The predicted octanol–water partition coefficient (Wildman–Crippen LogP) is -0.164. The number of amidine groups is 1. The molecule has 3 aromatic rings. The van der Waals surface area contributed by atoms with Gasteiger partial charge >= 0.3 is 0 Å². The average Bonchev–Trinajstić information content (AvgIpc) is 3.28. The number of guanidine groups is 1. The van der Waals surface area contributed by atoms with E-state index in [4.69, 9.17) is 22.6 Å². The second-order valence-electron chi connectivity index (χ2n) is 6.86. The van der Waals surface area contributed by atoms with Crippen LogP contribution in [0.3, 0.4) is 0 Å². The van der Waals surface area contributed by atoms with E-state index in [9.17, 15) is 9.59 Å². The summed E-state index contributed by atoms with van der Waals surface area (Å²) in [6.07, 6.45) is 2.03. The van der Waals surface area contributed by atoms with Gasteiger partial charge in [0, 0.05) is 31.8 Å². The number of fused-ring (bicyclic) bond motifs is 1. The Morgan fingerprint density at radius 1 is 1.26 bits per heavy atom. The Hall–Kier alpha value is -4.35. The highest BCUT2D eigenvalue weighted by molar-refractivity contribution is 5.98. The molecular weight excluding hydrogens is 400 g/mol. The number of anilines is 1. The van der Waals surface area contributed by atoms with Crippen LogP contribution in [0.5, 0.6) is 0 Å². The van der Waals surface area contributed by atoms with Crippen molar-refractivity contribution in [2.24, 2.45) is 29.2 Å². The van der Waals surface area contributed by atoms with Crippen LogP contribution < -0.4 is 27.8 Å². The molecule has 0 aliphatic heterocycles. The maximum Gasteiger partial charge on any atom is 0.251 e. The molecule has 10 N–H and O–H groups in total. The summed E-state index contributed by atoms with van der Waals surface area (Å²) in [6, 6.07) is 6.89. The Balaban J connectivity index is 1.77. The van der Waals surface area contributed by atoms with Crippen molar-refractivity contribution < 1.29 is 9.59 Å². The lowest BCUT2D eigenvalue weighted by Gasteiger charge is -2.04. The molecule has 162 valence electrons. The number of aliphatic imine (C=N–C) groups is 1. The van der Waals surface area contributed by atoms with Gasteiger partial charge < -0.3 is 37.4 Å². The number of imidazole rings is 1. The van der Waals surface area contributed by atoms with Crippen molar-refractivity contribution in [3.63, 3.8) is 0 Å². The topological polar surface area (TPSA) is 206 Å². The lowest BCUT2D eigenvalue weighted by Crippen LogP contribution is -2.27. The first-order chi connectivity index (χ1) is 14.7. The number of aromatic amines is 1. The fraction of sp³-hybridized carbons (Fsp3) is 0.211. The summed E-state index contributed by atoms with van der Waals surface area (Å²) in [6.45, 7) is 0.121. The van der Waals surface area contributed by atoms with E-state index in [1.54, 1.807) is 30.5 Å². The van der Waals surface area contributed by atoms with Crippen LogP contribution in [0.1, 0.15) is 16.8 Å². The second kappa shape index (κ2) is 8.98. The van der Waals surface area contributed by atoms with Crippen molar-refractivity contribution in [2.45, 2.75) is 6.42 Å². The molecule has 0 saturated carbocycles. The fourth-order valence-corrected chi connectivity index (χ4v) is 2.92. The van der Waals surface area contributed by atoms with Crippen LogP contribution >= 0.6 is 0 Å². The van der Waals surface area contributed by atoms with Crippen molar-refractivity contribution in [3.8, 4) is 11.5 Å². The zero-order chi connectivity index (χ0) is 22.5. The number of nitrogens with zero attached hydrogens (tertiary/aromatic N) is 3. The zero-order valence-electron chi connectivity index (χ0n) is 16.9. The minimum absolute atomic E-state index is 0.0170. The van der Waals surface area contributed by atoms with Gasteiger partial charge in [-0.25, -0.2) is 9.98 Å². The molecule has 31 heavy (non-hydrogen) atoms. The molecule has 2 amide bonds. The van der Waals surface area contributed by atoms with Crippen molar-refractivity contribution in [2.75, 3.05) is 18.4 Å². The molecule has 2 heterocycles. The van der Waals surface area contributed by atoms with E-state index >= 15 is 0 Å². The van der Waals surface area contributed by atoms with Crippen molar-refractivity contribution in [1.29, 1.82) is 5.41 Å². The first-order valence-corrected chi connectivity index (χ1v) is 9.36. The third-order valence-corrected chi connectivity index (χ3v) is 4.36. The molecule has 0 spiro atoms. The van der Waals surface area contributed by atoms with Crippen molar-refractivity contribution in [3.05, 3.63) is 36.0 Å². The lowest BCUT2D eigenvalue weighted by molar-refractivity contribution is -0.114. The number of carbonyl (C=O) groups excluding carboxylic acids is 2. The molecule has 0 saturated heterocycles. The van der Waals surface area contributed by atoms with E-state index < -0.39 is 0 Å². The van der Waals surface area contributed by atoms with E-state index in [-0.39, 0.29) is 30.2 Å². The number of rotatable bonds is 8. The standard InChI is InChI=1S/C19H24N10O2/c1-29-9-11(26-16(30)8-25-19(22)23)7-14(29)17-27-12-3-2-10(6-13(12)28-17)18(31)24-5-4-15(20)21/h2-3,6-7,9H,4-5,8H2,1H3,(H3,20,21)(H,24,31)(H,26,30)(H,27,28)(H4,22,23,25). The van der Waals surface area contributed by atoms with Gasteiger partial charge in [0.2, 0.25) is 5.91 Å². The lowest BCUT2D eigenvalue weighted by atomic mass is 10.2. The molecule has 0 unspecified atom stereocenters. The Kier molecular flexibility index (Phi) is 6.19. The van der Waals surface area contributed by atoms with Gasteiger partial charge in [-0.3, -0.25) is 15.0 Å². The van der Waals surface area contributed by atoms with Gasteiger partial charge in [0.1, 0.15) is 6.54 Å². The highest BCUT2D eigenvalue weighted by Gasteiger charge is 2.14. The van der Waals surface area contributed by atoms with E-state index in [1.807, 2.05) is 11.6 Å². The summed E-state index contributed by atoms with van der Waals surface area (Å²) in [4.78, 5) is 35.6. The number of benzene rings is 1. The van der Waals surface area contributed by atoms with Crippen LogP contribution in [0.4, 0.5) is 5.69 Å². The molecule has 0 fully saturated rings. The second-order valence-corrected chi connectivity index (χ2v) is 6.86. The molecular formula is C19H24N10O2. The molecule has 1 aromatic carbocycles. The summed E-state index contributed by atoms with van der Waals surface area (Å²) >= 11 is 0. The molecule has 2 aromatic heterocycles. The third-order valence-electron chi connectivity index (χ3n) is 4.36. The van der Waals surface area contributed by atoms with Gasteiger partial charge in [-0.1, -0.05) is 0 Å². The van der Waals surface area contributed by atoms with Gasteiger partial charge in [-0.2, -0.15) is 0 Å². The third kappa shape index (κ3) is 5.38. The number of nitrogens with two attached hydrogens (primary N) is 3. The molecule has 12 heteroatoms. The summed E-state index contributed by atoms with van der Waals surface area (Å²) in [5.74, 6) is -0.169. The van der Waals surface area contributed by atoms with Gasteiger partial charge in [-0.05, 0) is 24.3 Å². The first-order valence-electron chi connectivity index (χ1n) is 9.36. The molecule has 3 rings (SSSR count). The number of hydrogen-bond donors (Lipinski definition) is 7. The number of aryl methyl sites for hydroxylation is 1. The fourth-order valence-electron chi connectivity index (χ4n) is 2.92. The maximum atomic E-state index is 12.3. The molecule has 0 atom stereocenters. The highest BCUT2D eigenvalue weighted by Crippen LogP contribution is 2.25. The SMILES string of the molecule is Cn1cc(NC(=O)CN=C(N)N)cc1-c1nc2ccc(C(=O)NCCC(=N)N)cc2[nH]1. The van der Waals surface area contributed by atoms with E-state index in [0.29, 0.717) is 41.1 Å². The zero-order valence-corrected chi connectivity index (χ0v) is 16.9. The number of hydrogen-bond acceptors (Lipinski definition) is 5. The monoisotopic (exact) mass is 424 g/mol. The van der Waals surface area contributed by atoms with Crippen LogP contribution in [0.25, 0.3) is 22.6 Å². The number of carbonyl (C=O) groups is 2. The van der Waals surface area contributed by atoms with Gasteiger partial charge in [0.05, 0.1) is 28.3 Å².